The Morgan fingerprint density at radius 2 is 2.26 bits per heavy atom. The summed E-state index contributed by atoms with van der Waals surface area (Å²) >= 11 is 0. The average Bonchev–Trinajstić information content (AvgIpc) is 2.69. The molecule has 3 heterocycles. The summed E-state index contributed by atoms with van der Waals surface area (Å²) in [6.07, 6.45) is 8.68. The molecule has 0 spiro atoms. The number of aryl methyl sites for hydroxylation is 1. The van der Waals surface area contributed by atoms with Gasteiger partial charge in [-0.05, 0) is 43.7 Å². The van der Waals surface area contributed by atoms with Crippen LogP contribution in [0.25, 0.3) is 0 Å². The molecule has 7 nitrogen and oxygen atoms in total. The number of rotatable bonds is 7. The van der Waals surface area contributed by atoms with Crippen molar-refractivity contribution in [2.24, 2.45) is 5.92 Å². The normalized spacial score (nSPS) is 16.9. The molecule has 1 unspecified atom stereocenters. The van der Waals surface area contributed by atoms with Gasteiger partial charge in [0.05, 0.1) is 11.9 Å². The van der Waals surface area contributed by atoms with Crippen molar-refractivity contribution in [3.63, 3.8) is 0 Å². The van der Waals surface area contributed by atoms with Gasteiger partial charge in [-0.1, -0.05) is 6.07 Å². The molecular formula is C20H27N5O2. The molecule has 3 rings (SSSR count). The van der Waals surface area contributed by atoms with Gasteiger partial charge in [0.1, 0.15) is 0 Å². The van der Waals surface area contributed by atoms with E-state index in [9.17, 15) is 9.59 Å². The fourth-order valence-electron chi connectivity index (χ4n) is 3.53. The monoisotopic (exact) mass is 369 g/mol. The molecular weight excluding hydrogens is 342 g/mol. The van der Waals surface area contributed by atoms with Gasteiger partial charge in [-0.2, -0.15) is 5.10 Å². The van der Waals surface area contributed by atoms with Crippen molar-refractivity contribution in [2.45, 2.75) is 39.2 Å². The number of nitrogens with zero attached hydrogens (tertiary/aromatic N) is 4. The topological polar surface area (TPSA) is 80.1 Å². The fourth-order valence-corrected chi connectivity index (χ4v) is 3.53. The van der Waals surface area contributed by atoms with E-state index in [-0.39, 0.29) is 11.5 Å². The van der Waals surface area contributed by atoms with Gasteiger partial charge in [0.25, 0.3) is 5.56 Å². The third-order valence-corrected chi connectivity index (χ3v) is 4.97. The summed E-state index contributed by atoms with van der Waals surface area (Å²) in [4.78, 5) is 30.5. The second kappa shape index (κ2) is 9.30. The Balaban J connectivity index is 1.48. The highest BCUT2D eigenvalue weighted by Gasteiger charge is 2.23. The van der Waals surface area contributed by atoms with Gasteiger partial charge in [0.15, 0.2) is 0 Å². The molecule has 0 saturated carbocycles. The lowest BCUT2D eigenvalue weighted by Crippen LogP contribution is -2.39. The maximum absolute atomic E-state index is 12.3. The van der Waals surface area contributed by atoms with Crippen LogP contribution < -0.4 is 15.8 Å². The number of amides is 1. The summed E-state index contributed by atoms with van der Waals surface area (Å²) in [5.41, 5.74) is 1.90. The molecule has 1 saturated heterocycles. The molecule has 1 aliphatic heterocycles. The number of hydrogen-bond acceptors (Lipinski definition) is 5. The van der Waals surface area contributed by atoms with Crippen molar-refractivity contribution in [1.82, 2.24) is 20.1 Å². The number of hydrogen-bond donors (Lipinski definition) is 1. The van der Waals surface area contributed by atoms with Crippen LogP contribution >= 0.6 is 0 Å². The first-order valence-electron chi connectivity index (χ1n) is 9.63. The summed E-state index contributed by atoms with van der Waals surface area (Å²) in [5, 5.41) is 7.21. The second-order valence-electron chi connectivity index (χ2n) is 6.99. The first-order valence-corrected chi connectivity index (χ1v) is 9.63. The van der Waals surface area contributed by atoms with Crippen molar-refractivity contribution < 1.29 is 4.79 Å². The Kier molecular flexibility index (Phi) is 6.57. The van der Waals surface area contributed by atoms with Crippen LogP contribution in [0.5, 0.6) is 0 Å². The zero-order chi connectivity index (χ0) is 19.1. The van der Waals surface area contributed by atoms with Crippen LogP contribution in [0, 0.1) is 5.92 Å². The number of carbonyl (C=O) groups is 1. The summed E-state index contributed by atoms with van der Waals surface area (Å²) in [6, 6.07) is 5.56. The van der Waals surface area contributed by atoms with E-state index < -0.39 is 0 Å². The number of anilines is 1. The molecule has 1 aliphatic rings. The molecule has 1 atom stereocenters. The molecule has 1 amide bonds. The van der Waals surface area contributed by atoms with E-state index in [0.717, 1.165) is 43.6 Å². The van der Waals surface area contributed by atoms with Gasteiger partial charge in [0.2, 0.25) is 5.91 Å². The van der Waals surface area contributed by atoms with Gasteiger partial charge in [-0.15, -0.1) is 0 Å². The van der Waals surface area contributed by atoms with E-state index >= 15 is 0 Å². The molecule has 0 aliphatic carbocycles. The summed E-state index contributed by atoms with van der Waals surface area (Å²) < 4.78 is 1.45. The zero-order valence-corrected chi connectivity index (χ0v) is 15.8. The van der Waals surface area contributed by atoms with Gasteiger partial charge < -0.3 is 10.2 Å². The minimum Gasteiger partial charge on any atom is -0.370 e. The van der Waals surface area contributed by atoms with Crippen LogP contribution in [0.2, 0.25) is 0 Å². The average molecular weight is 369 g/mol. The van der Waals surface area contributed by atoms with E-state index in [1.807, 2.05) is 25.3 Å². The number of nitrogens with one attached hydrogen (secondary N) is 1. The smallest absolute Gasteiger partial charge is 0.268 e. The Morgan fingerprint density at radius 1 is 1.37 bits per heavy atom. The lowest BCUT2D eigenvalue weighted by molar-refractivity contribution is -0.122. The number of piperidine rings is 1. The molecule has 0 aromatic carbocycles. The SMILES string of the molecule is CCn1ncc(N2CCCC(CC(=O)NCCc3cccnc3)C2)cc1=O. The Bertz CT molecular complexity index is 806. The molecule has 7 heteroatoms. The zero-order valence-electron chi connectivity index (χ0n) is 15.8. The second-order valence-corrected chi connectivity index (χ2v) is 6.99. The standard InChI is InChI=1S/C20H27N5O2/c1-2-25-20(27)12-18(14-23-25)24-10-4-6-17(15-24)11-19(26)22-9-7-16-5-3-8-21-13-16/h3,5,8,12-14,17H,2,4,6-7,9-11,15H2,1H3,(H,22,26). The van der Waals surface area contributed by atoms with Gasteiger partial charge >= 0.3 is 0 Å². The van der Waals surface area contributed by atoms with Crippen LogP contribution in [-0.2, 0) is 17.8 Å². The van der Waals surface area contributed by atoms with Crippen LogP contribution in [0.15, 0.2) is 41.6 Å². The Hall–Kier alpha value is -2.70. The van der Waals surface area contributed by atoms with E-state index in [2.05, 4.69) is 20.3 Å². The highest BCUT2D eigenvalue weighted by atomic mass is 16.1. The lowest BCUT2D eigenvalue weighted by Gasteiger charge is -2.33. The minimum atomic E-state index is -0.0785. The van der Waals surface area contributed by atoms with E-state index in [0.29, 0.717) is 25.4 Å². The molecule has 0 radical (unpaired) electrons. The third kappa shape index (κ3) is 5.39. The third-order valence-electron chi connectivity index (χ3n) is 4.97. The quantitative estimate of drug-likeness (QED) is 0.802. The number of carbonyl (C=O) groups excluding carboxylic acids is 1. The minimum absolute atomic E-state index is 0.0785. The first kappa shape index (κ1) is 19.1. The van der Waals surface area contributed by atoms with Gasteiger partial charge in [-0.25, -0.2) is 4.68 Å². The molecule has 2 aromatic rings. The van der Waals surface area contributed by atoms with Crippen molar-refractivity contribution >= 4 is 11.6 Å². The predicted octanol–water partition coefficient (Wildman–Crippen LogP) is 1.62. The van der Waals surface area contributed by atoms with Crippen LogP contribution in [0.3, 0.4) is 0 Å². The van der Waals surface area contributed by atoms with Crippen LogP contribution in [0.4, 0.5) is 5.69 Å². The molecule has 1 fully saturated rings. The van der Waals surface area contributed by atoms with Crippen molar-refractivity contribution in [1.29, 1.82) is 0 Å². The van der Waals surface area contributed by atoms with E-state index in [1.165, 1.54) is 4.68 Å². The van der Waals surface area contributed by atoms with Gasteiger partial charge in [-0.3, -0.25) is 14.6 Å². The highest BCUT2D eigenvalue weighted by molar-refractivity contribution is 5.76. The summed E-state index contributed by atoms with van der Waals surface area (Å²) in [6.45, 7) is 4.78. The number of pyridine rings is 1. The van der Waals surface area contributed by atoms with E-state index in [1.54, 1.807) is 18.5 Å². The van der Waals surface area contributed by atoms with Gasteiger partial charge in [0, 0.05) is 51.1 Å². The molecule has 144 valence electrons. The highest BCUT2D eigenvalue weighted by Crippen LogP contribution is 2.23. The molecule has 1 N–H and O–H groups in total. The van der Waals surface area contributed by atoms with Crippen molar-refractivity contribution in [3.8, 4) is 0 Å². The summed E-state index contributed by atoms with van der Waals surface area (Å²) in [7, 11) is 0. The van der Waals surface area contributed by atoms with Crippen molar-refractivity contribution in [2.75, 3.05) is 24.5 Å². The molecule has 27 heavy (non-hydrogen) atoms. The lowest BCUT2D eigenvalue weighted by atomic mass is 9.94. The van der Waals surface area contributed by atoms with Crippen molar-refractivity contribution in [3.05, 3.63) is 52.7 Å². The number of aromatic nitrogens is 3. The largest absolute Gasteiger partial charge is 0.370 e. The Labute approximate surface area is 159 Å². The maximum Gasteiger partial charge on any atom is 0.268 e. The van der Waals surface area contributed by atoms with E-state index in [4.69, 9.17) is 0 Å². The first-order chi connectivity index (χ1) is 13.2. The maximum atomic E-state index is 12.3. The fraction of sp³-hybridized carbons (Fsp3) is 0.500. The van der Waals surface area contributed by atoms with Crippen LogP contribution in [0.1, 0.15) is 31.7 Å². The predicted molar refractivity (Wildman–Crippen MR) is 105 cm³/mol. The molecule has 0 bridgehead atoms. The summed E-state index contributed by atoms with van der Waals surface area (Å²) in [5.74, 6) is 0.385. The Morgan fingerprint density at radius 3 is 3.00 bits per heavy atom. The molecule has 2 aromatic heterocycles. The van der Waals surface area contributed by atoms with Crippen LogP contribution in [-0.4, -0.2) is 40.3 Å².